The number of anilines is 1. The summed E-state index contributed by atoms with van der Waals surface area (Å²) in [6, 6.07) is 7.57. The maximum atomic E-state index is 4.04. The average molecular weight is 230 g/mol. The molecule has 17 heavy (non-hydrogen) atoms. The molecular formula is C13H18N4. The van der Waals surface area contributed by atoms with Crippen LogP contribution in [-0.2, 0) is 0 Å². The molecule has 2 aromatic rings. The van der Waals surface area contributed by atoms with Gasteiger partial charge in [0.25, 0.3) is 0 Å². The monoisotopic (exact) mass is 230 g/mol. The first-order valence-electron chi connectivity index (χ1n) is 6.12. The Morgan fingerprint density at radius 1 is 1.47 bits per heavy atom. The van der Waals surface area contributed by atoms with Crippen molar-refractivity contribution in [2.75, 3.05) is 18.9 Å². The molecule has 0 aliphatic carbocycles. The fraction of sp³-hybridized carbons (Fsp3) is 0.462. The average Bonchev–Trinajstić information content (AvgIpc) is 2.86. The van der Waals surface area contributed by atoms with E-state index >= 15 is 0 Å². The van der Waals surface area contributed by atoms with Gasteiger partial charge in [-0.05, 0) is 38.6 Å². The minimum Gasteiger partial charge on any atom is -0.381 e. The molecule has 1 fully saturated rings. The maximum absolute atomic E-state index is 4.04. The Labute approximate surface area is 101 Å². The zero-order valence-electron chi connectivity index (χ0n) is 10.3. The molecule has 2 atom stereocenters. The molecule has 0 saturated carbocycles. The van der Waals surface area contributed by atoms with Crippen LogP contribution in [0, 0.1) is 0 Å². The lowest BCUT2D eigenvalue weighted by atomic mass is 10.1. The third-order valence-electron chi connectivity index (χ3n) is 3.70. The Hall–Kier alpha value is -1.55. The van der Waals surface area contributed by atoms with Crippen LogP contribution in [0.25, 0.3) is 10.9 Å². The minimum atomic E-state index is 0.555. The highest BCUT2D eigenvalue weighted by molar-refractivity contribution is 5.81. The first-order chi connectivity index (χ1) is 8.22. The van der Waals surface area contributed by atoms with E-state index in [1.165, 1.54) is 12.1 Å². The van der Waals surface area contributed by atoms with E-state index in [1.54, 1.807) is 0 Å². The third kappa shape index (κ3) is 2.00. The Balaban J connectivity index is 1.76. The summed E-state index contributed by atoms with van der Waals surface area (Å²) in [6.07, 6.45) is 3.07. The second-order valence-electron chi connectivity index (χ2n) is 5.04. The van der Waals surface area contributed by atoms with Gasteiger partial charge in [0.2, 0.25) is 0 Å². The quantitative estimate of drug-likeness (QED) is 0.830. The Kier molecular flexibility index (Phi) is 2.52. The van der Waals surface area contributed by atoms with Crippen LogP contribution in [0.4, 0.5) is 5.69 Å². The molecule has 0 bridgehead atoms. The molecule has 4 heteroatoms. The number of rotatable bonds is 2. The summed E-state index contributed by atoms with van der Waals surface area (Å²) in [7, 11) is 2.19. The van der Waals surface area contributed by atoms with Gasteiger partial charge in [-0.15, -0.1) is 0 Å². The lowest BCUT2D eigenvalue weighted by molar-refractivity contribution is 0.330. The Bertz CT molecular complexity index is 509. The molecule has 1 aliphatic rings. The molecule has 0 spiro atoms. The molecule has 0 amide bonds. The third-order valence-corrected chi connectivity index (χ3v) is 3.70. The van der Waals surface area contributed by atoms with E-state index in [4.69, 9.17) is 0 Å². The molecular weight excluding hydrogens is 212 g/mol. The lowest BCUT2D eigenvalue weighted by Gasteiger charge is -2.14. The zero-order valence-corrected chi connectivity index (χ0v) is 10.3. The van der Waals surface area contributed by atoms with Crippen molar-refractivity contribution in [1.29, 1.82) is 0 Å². The number of nitrogens with one attached hydrogen (secondary N) is 2. The van der Waals surface area contributed by atoms with E-state index in [0.29, 0.717) is 12.1 Å². The number of nitrogens with zero attached hydrogens (tertiary/aromatic N) is 2. The van der Waals surface area contributed by atoms with Crippen LogP contribution in [0.1, 0.15) is 13.3 Å². The molecule has 1 aromatic heterocycles. The highest BCUT2D eigenvalue weighted by atomic mass is 15.2. The van der Waals surface area contributed by atoms with Gasteiger partial charge in [0.15, 0.2) is 0 Å². The standard InChI is InChI=1S/C13H18N4/c1-9-5-12(8-17(9)2)15-11-3-4-13-10(6-11)7-14-16-13/h3-4,6-7,9,12,15H,5,8H2,1-2H3,(H,14,16). The SMILES string of the molecule is CC1CC(Nc2ccc3[nH]ncc3c2)CN1C. The Morgan fingerprint density at radius 3 is 3.12 bits per heavy atom. The van der Waals surface area contributed by atoms with Crippen molar-refractivity contribution in [3.8, 4) is 0 Å². The van der Waals surface area contributed by atoms with E-state index in [1.807, 2.05) is 6.20 Å². The molecule has 0 radical (unpaired) electrons. The number of hydrogen-bond donors (Lipinski definition) is 2. The van der Waals surface area contributed by atoms with Gasteiger partial charge in [-0.3, -0.25) is 5.10 Å². The van der Waals surface area contributed by atoms with E-state index in [-0.39, 0.29) is 0 Å². The van der Waals surface area contributed by atoms with Crippen LogP contribution in [0.5, 0.6) is 0 Å². The molecule has 2 N–H and O–H groups in total. The number of aromatic amines is 1. The van der Waals surface area contributed by atoms with Gasteiger partial charge in [-0.25, -0.2) is 0 Å². The van der Waals surface area contributed by atoms with Gasteiger partial charge in [-0.1, -0.05) is 0 Å². The summed E-state index contributed by atoms with van der Waals surface area (Å²) in [6.45, 7) is 3.39. The van der Waals surface area contributed by atoms with Crippen molar-refractivity contribution < 1.29 is 0 Å². The molecule has 2 heterocycles. The normalized spacial score (nSPS) is 25.5. The van der Waals surface area contributed by atoms with Crippen molar-refractivity contribution in [3.05, 3.63) is 24.4 Å². The number of H-pyrrole nitrogens is 1. The zero-order chi connectivity index (χ0) is 11.8. The van der Waals surface area contributed by atoms with Gasteiger partial charge in [0.1, 0.15) is 0 Å². The van der Waals surface area contributed by atoms with Crippen LogP contribution in [0.2, 0.25) is 0 Å². The van der Waals surface area contributed by atoms with Crippen LogP contribution < -0.4 is 5.32 Å². The summed E-state index contributed by atoms with van der Waals surface area (Å²) in [5.74, 6) is 0. The summed E-state index contributed by atoms with van der Waals surface area (Å²) in [5.41, 5.74) is 2.28. The molecule has 1 aliphatic heterocycles. The van der Waals surface area contributed by atoms with E-state index in [2.05, 4.69) is 52.6 Å². The molecule has 4 nitrogen and oxygen atoms in total. The summed E-state index contributed by atoms with van der Waals surface area (Å²) >= 11 is 0. The topological polar surface area (TPSA) is 44.0 Å². The van der Waals surface area contributed by atoms with E-state index < -0.39 is 0 Å². The smallest absolute Gasteiger partial charge is 0.0651 e. The number of aromatic nitrogens is 2. The molecule has 2 unspecified atom stereocenters. The fourth-order valence-electron chi connectivity index (χ4n) is 2.57. The van der Waals surface area contributed by atoms with Crippen LogP contribution in [0.3, 0.4) is 0 Å². The Morgan fingerprint density at radius 2 is 2.35 bits per heavy atom. The van der Waals surface area contributed by atoms with Crippen molar-refractivity contribution >= 4 is 16.6 Å². The van der Waals surface area contributed by atoms with E-state index in [0.717, 1.165) is 17.4 Å². The molecule has 3 rings (SSSR count). The molecule has 90 valence electrons. The lowest BCUT2D eigenvalue weighted by Crippen LogP contribution is -2.24. The van der Waals surface area contributed by atoms with Gasteiger partial charge < -0.3 is 10.2 Å². The number of benzene rings is 1. The first-order valence-corrected chi connectivity index (χ1v) is 6.12. The van der Waals surface area contributed by atoms with Crippen molar-refractivity contribution in [3.63, 3.8) is 0 Å². The van der Waals surface area contributed by atoms with Crippen LogP contribution >= 0.6 is 0 Å². The largest absolute Gasteiger partial charge is 0.381 e. The molecule has 1 aromatic carbocycles. The minimum absolute atomic E-state index is 0.555. The van der Waals surface area contributed by atoms with Crippen molar-refractivity contribution in [2.24, 2.45) is 0 Å². The van der Waals surface area contributed by atoms with Crippen LogP contribution in [0.15, 0.2) is 24.4 Å². The van der Waals surface area contributed by atoms with Gasteiger partial charge >= 0.3 is 0 Å². The fourth-order valence-corrected chi connectivity index (χ4v) is 2.57. The van der Waals surface area contributed by atoms with Gasteiger partial charge in [-0.2, -0.15) is 5.10 Å². The first kappa shape index (κ1) is 10.6. The van der Waals surface area contributed by atoms with Crippen molar-refractivity contribution in [1.82, 2.24) is 15.1 Å². The second-order valence-corrected chi connectivity index (χ2v) is 5.04. The number of fused-ring (bicyclic) bond motifs is 1. The summed E-state index contributed by atoms with van der Waals surface area (Å²) in [4.78, 5) is 2.40. The number of likely N-dealkylation sites (N-methyl/N-ethyl adjacent to an activating group) is 1. The predicted molar refractivity (Wildman–Crippen MR) is 70.2 cm³/mol. The number of hydrogen-bond acceptors (Lipinski definition) is 3. The maximum Gasteiger partial charge on any atom is 0.0651 e. The highest BCUT2D eigenvalue weighted by Crippen LogP contribution is 2.22. The van der Waals surface area contributed by atoms with Gasteiger partial charge in [0.05, 0.1) is 11.7 Å². The predicted octanol–water partition coefficient (Wildman–Crippen LogP) is 2.07. The number of likely N-dealkylation sites (tertiary alicyclic amines) is 1. The second kappa shape index (κ2) is 4.04. The summed E-state index contributed by atoms with van der Waals surface area (Å²) < 4.78 is 0. The highest BCUT2D eigenvalue weighted by Gasteiger charge is 2.25. The van der Waals surface area contributed by atoms with Crippen LogP contribution in [-0.4, -0.2) is 40.8 Å². The van der Waals surface area contributed by atoms with Gasteiger partial charge in [0, 0.05) is 29.7 Å². The summed E-state index contributed by atoms with van der Waals surface area (Å²) in [5, 5.41) is 11.8. The van der Waals surface area contributed by atoms with E-state index in [9.17, 15) is 0 Å². The molecule has 1 saturated heterocycles. The van der Waals surface area contributed by atoms with Crippen molar-refractivity contribution in [2.45, 2.75) is 25.4 Å².